The normalized spacial score (nSPS) is 11.7. The second-order valence-corrected chi connectivity index (χ2v) is 6.29. The third-order valence-electron chi connectivity index (χ3n) is 2.70. The first-order chi connectivity index (χ1) is 9.61. The average Bonchev–Trinajstić information content (AvgIpc) is 2.93. The smallest absolute Gasteiger partial charge is 0.247 e. The van der Waals surface area contributed by atoms with Gasteiger partial charge in [0.15, 0.2) is 0 Å². The lowest BCUT2D eigenvalue weighted by Gasteiger charge is -2.02. The van der Waals surface area contributed by atoms with E-state index in [0.717, 1.165) is 12.0 Å². The fourth-order valence-corrected chi connectivity index (χ4v) is 2.76. The van der Waals surface area contributed by atoms with Crippen LogP contribution >= 0.6 is 0 Å². The Bertz CT molecular complexity index is 638. The standard InChI is InChI=1S/C13H17N3O3S/c1-2-3-9-20(17,18)14-10-12-15-16-13(19-12)11-7-5-4-6-8-11/h4-8,14H,2-3,9-10H2,1H3. The van der Waals surface area contributed by atoms with Crippen molar-refractivity contribution >= 4 is 10.0 Å². The van der Waals surface area contributed by atoms with Crippen LogP contribution in [0.2, 0.25) is 0 Å². The second kappa shape index (κ2) is 6.62. The first-order valence-electron chi connectivity index (χ1n) is 6.46. The Hall–Kier alpha value is -1.73. The van der Waals surface area contributed by atoms with E-state index in [0.29, 0.717) is 12.3 Å². The summed E-state index contributed by atoms with van der Waals surface area (Å²) in [5.74, 6) is 0.751. The van der Waals surface area contributed by atoms with Crippen molar-refractivity contribution in [3.8, 4) is 11.5 Å². The number of nitrogens with one attached hydrogen (secondary N) is 1. The zero-order chi connectivity index (χ0) is 14.4. The van der Waals surface area contributed by atoms with Gasteiger partial charge in [-0.1, -0.05) is 31.5 Å². The fourth-order valence-electron chi connectivity index (χ4n) is 1.60. The monoisotopic (exact) mass is 295 g/mol. The lowest BCUT2D eigenvalue weighted by atomic mass is 10.2. The number of unbranched alkanes of at least 4 members (excludes halogenated alkanes) is 1. The molecule has 2 aromatic rings. The summed E-state index contributed by atoms with van der Waals surface area (Å²) in [4.78, 5) is 0. The zero-order valence-corrected chi connectivity index (χ0v) is 12.1. The molecule has 20 heavy (non-hydrogen) atoms. The largest absolute Gasteiger partial charge is 0.419 e. The SMILES string of the molecule is CCCCS(=O)(=O)NCc1nnc(-c2ccccc2)o1. The number of hydrogen-bond donors (Lipinski definition) is 1. The van der Waals surface area contributed by atoms with Gasteiger partial charge in [-0.15, -0.1) is 10.2 Å². The van der Waals surface area contributed by atoms with Crippen molar-refractivity contribution < 1.29 is 12.8 Å². The van der Waals surface area contributed by atoms with Crippen molar-refractivity contribution in [3.05, 3.63) is 36.2 Å². The summed E-state index contributed by atoms with van der Waals surface area (Å²) < 4.78 is 31.1. The van der Waals surface area contributed by atoms with Crippen LogP contribution in [-0.4, -0.2) is 24.4 Å². The second-order valence-electron chi connectivity index (χ2n) is 4.36. The molecule has 0 unspecified atom stereocenters. The maximum atomic E-state index is 11.6. The van der Waals surface area contributed by atoms with E-state index in [1.54, 1.807) is 0 Å². The van der Waals surface area contributed by atoms with E-state index in [1.165, 1.54) is 0 Å². The van der Waals surface area contributed by atoms with Gasteiger partial charge in [0.1, 0.15) is 0 Å². The lowest BCUT2D eigenvalue weighted by molar-refractivity contribution is 0.494. The van der Waals surface area contributed by atoms with Gasteiger partial charge < -0.3 is 4.42 Å². The minimum absolute atomic E-state index is 0.0197. The highest BCUT2D eigenvalue weighted by Gasteiger charge is 2.13. The van der Waals surface area contributed by atoms with Gasteiger partial charge in [0.25, 0.3) is 0 Å². The quantitative estimate of drug-likeness (QED) is 0.844. The summed E-state index contributed by atoms with van der Waals surface area (Å²) in [6.07, 6.45) is 1.47. The van der Waals surface area contributed by atoms with Crippen molar-refractivity contribution in [3.63, 3.8) is 0 Å². The van der Waals surface area contributed by atoms with E-state index in [4.69, 9.17) is 4.42 Å². The summed E-state index contributed by atoms with van der Waals surface area (Å²) in [5, 5.41) is 7.73. The Labute approximate surface area is 118 Å². The number of hydrogen-bond acceptors (Lipinski definition) is 5. The Kier molecular flexibility index (Phi) is 4.86. The third-order valence-corrected chi connectivity index (χ3v) is 4.11. The lowest BCUT2D eigenvalue weighted by Crippen LogP contribution is -2.26. The van der Waals surface area contributed by atoms with Crippen molar-refractivity contribution in [1.29, 1.82) is 0 Å². The summed E-state index contributed by atoms with van der Waals surface area (Å²) in [6.45, 7) is 1.96. The maximum Gasteiger partial charge on any atom is 0.247 e. The topological polar surface area (TPSA) is 85.1 Å². The van der Waals surface area contributed by atoms with Crippen molar-refractivity contribution in [2.24, 2.45) is 0 Å². The molecule has 0 amide bonds. The molecular weight excluding hydrogens is 278 g/mol. The molecule has 6 nitrogen and oxygen atoms in total. The third kappa shape index (κ3) is 4.14. The van der Waals surface area contributed by atoms with E-state index < -0.39 is 10.0 Å². The highest BCUT2D eigenvalue weighted by molar-refractivity contribution is 7.89. The van der Waals surface area contributed by atoms with Gasteiger partial charge in [-0.3, -0.25) is 0 Å². The summed E-state index contributed by atoms with van der Waals surface area (Å²) in [6, 6.07) is 9.33. The molecule has 0 saturated heterocycles. The molecule has 0 bridgehead atoms. The molecule has 0 aliphatic rings. The fraction of sp³-hybridized carbons (Fsp3) is 0.385. The molecule has 2 rings (SSSR count). The minimum atomic E-state index is -3.28. The van der Waals surface area contributed by atoms with Crippen molar-refractivity contribution in [2.75, 3.05) is 5.75 Å². The first kappa shape index (κ1) is 14.7. The Morgan fingerprint density at radius 2 is 1.95 bits per heavy atom. The van der Waals surface area contributed by atoms with Crippen molar-refractivity contribution in [2.45, 2.75) is 26.3 Å². The molecule has 1 N–H and O–H groups in total. The molecule has 108 valence electrons. The predicted octanol–water partition coefficient (Wildman–Crippen LogP) is 1.96. The molecule has 1 heterocycles. The number of sulfonamides is 1. The van der Waals surface area contributed by atoms with Gasteiger partial charge >= 0.3 is 0 Å². The van der Waals surface area contributed by atoms with Gasteiger partial charge in [0.05, 0.1) is 12.3 Å². The molecule has 0 aliphatic heterocycles. The van der Waals surface area contributed by atoms with Crippen LogP contribution in [0.5, 0.6) is 0 Å². The molecule has 0 radical (unpaired) electrons. The predicted molar refractivity (Wildman–Crippen MR) is 75.3 cm³/mol. The molecule has 0 fully saturated rings. The minimum Gasteiger partial charge on any atom is -0.419 e. The van der Waals surface area contributed by atoms with Crippen LogP contribution in [0, 0.1) is 0 Å². The van der Waals surface area contributed by atoms with E-state index in [-0.39, 0.29) is 18.2 Å². The molecule has 0 spiro atoms. The Morgan fingerprint density at radius 1 is 1.20 bits per heavy atom. The van der Waals surface area contributed by atoms with Crippen LogP contribution in [0.1, 0.15) is 25.7 Å². The summed E-state index contributed by atoms with van der Waals surface area (Å²) >= 11 is 0. The van der Waals surface area contributed by atoms with E-state index in [9.17, 15) is 8.42 Å². The van der Waals surface area contributed by atoms with Gasteiger partial charge in [-0.25, -0.2) is 13.1 Å². The molecule has 7 heteroatoms. The Balaban J connectivity index is 1.97. The maximum absolute atomic E-state index is 11.6. The van der Waals surface area contributed by atoms with Crippen LogP contribution in [0.4, 0.5) is 0 Å². The van der Waals surface area contributed by atoms with Crippen LogP contribution < -0.4 is 4.72 Å². The number of aromatic nitrogens is 2. The van der Waals surface area contributed by atoms with E-state index in [1.807, 2.05) is 37.3 Å². The molecular formula is C13H17N3O3S. The number of rotatable bonds is 7. The molecule has 1 aromatic heterocycles. The first-order valence-corrected chi connectivity index (χ1v) is 8.11. The van der Waals surface area contributed by atoms with Gasteiger partial charge in [0, 0.05) is 5.56 Å². The van der Waals surface area contributed by atoms with Gasteiger partial charge in [-0.2, -0.15) is 0 Å². The van der Waals surface area contributed by atoms with E-state index >= 15 is 0 Å². The van der Waals surface area contributed by atoms with Gasteiger partial charge in [0.2, 0.25) is 21.8 Å². The number of nitrogens with zero attached hydrogens (tertiary/aromatic N) is 2. The van der Waals surface area contributed by atoms with Gasteiger partial charge in [-0.05, 0) is 18.6 Å². The highest BCUT2D eigenvalue weighted by atomic mass is 32.2. The zero-order valence-electron chi connectivity index (χ0n) is 11.2. The highest BCUT2D eigenvalue weighted by Crippen LogP contribution is 2.16. The number of benzene rings is 1. The summed E-state index contributed by atoms with van der Waals surface area (Å²) in [5.41, 5.74) is 0.806. The van der Waals surface area contributed by atoms with Crippen molar-refractivity contribution in [1.82, 2.24) is 14.9 Å². The van der Waals surface area contributed by atoms with E-state index in [2.05, 4.69) is 14.9 Å². The Morgan fingerprint density at radius 3 is 2.65 bits per heavy atom. The van der Waals surface area contributed by atoms with Crippen LogP contribution in [0.25, 0.3) is 11.5 Å². The van der Waals surface area contributed by atoms with Crippen LogP contribution in [0.3, 0.4) is 0 Å². The van der Waals surface area contributed by atoms with Crippen LogP contribution in [0.15, 0.2) is 34.7 Å². The summed E-state index contributed by atoms with van der Waals surface area (Å²) in [7, 11) is -3.28. The average molecular weight is 295 g/mol. The molecule has 0 aliphatic carbocycles. The molecule has 1 aromatic carbocycles. The molecule has 0 saturated carbocycles. The molecule has 0 atom stereocenters. The van der Waals surface area contributed by atoms with Crippen LogP contribution in [-0.2, 0) is 16.6 Å².